The molecule has 2 aromatic carbocycles. The van der Waals surface area contributed by atoms with Crippen LogP contribution in [0.5, 0.6) is 0 Å². The molecule has 0 radical (unpaired) electrons. The van der Waals surface area contributed by atoms with Crippen molar-refractivity contribution in [3.63, 3.8) is 0 Å². The Bertz CT molecular complexity index is 856. The number of benzene rings is 2. The lowest BCUT2D eigenvalue weighted by Crippen LogP contribution is -1.95. The molecule has 1 N–H and O–H groups in total. The molecule has 0 saturated heterocycles. The number of hydrogen-bond acceptors (Lipinski definition) is 2. The highest BCUT2D eigenvalue weighted by Crippen LogP contribution is 2.31. The normalized spacial score (nSPS) is 10.7. The Kier molecular flexibility index (Phi) is 3.90. The maximum atomic E-state index is 4.61. The highest BCUT2D eigenvalue weighted by atomic mass is 15.1. The van der Waals surface area contributed by atoms with E-state index in [0.29, 0.717) is 0 Å². The predicted molar refractivity (Wildman–Crippen MR) is 96.5 cm³/mol. The topological polar surface area (TPSA) is 41.6 Å². The van der Waals surface area contributed by atoms with Crippen molar-refractivity contribution >= 4 is 0 Å². The van der Waals surface area contributed by atoms with Gasteiger partial charge in [0, 0.05) is 29.4 Å². The Hall–Kier alpha value is -3.20. The second kappa shape index (κ2) is 6.50. The average Bonchev–Trinajstić information content (AvgIpc) is 3.07. The van der Waals surface area contributed by atoms with E-state index in [4.69, 9.17) is 0 Å². The molecular formula is C21H17N3. The number of nitrogens with one attached hydrogen (secondary N) is 1. The van der Waals surface area contributed by atoms with Crippen molar-refractivity contribution in [2.45, 2.75) is 6.42 Å². The molecule has 0 aliphatic rings. The summed E-state index contributed by atoms with van der Waals surface area (Å²) in [5.41, 5.74) is 6.50. The molecule has 0 bridgehead atoms. The summed E-state index contributed by atoms with van der Waals surface area (Å²) in [6, 6.07) is 26.6. The smallest absolute Gasteiger partial charge is 0.0963 e. The molecule has 0 saturated carbocycles. The molecule has 4 aromatic rings. The molecular weight excluding hydrogens is 294 g/mol. The summed E-state index contributed by atoms with van der Waals surface area (Å²) in [5, 5.41) is 7.84. The molecule has 4 rings (SSSR count). The monoisotopic (exact) mass is 311 g/mol. The van der Waals surface area contributed by atoms with Crippen LogP contribution in [0, 0.1) is 0 Å². The molecule has 116 valence electrons. The van der Waals surface area contributed by atoms with E-state index >= 15 is 0 Å². The van der Waals surface area contributed by atoms with Crippen LogP contribution in [0.25, 0.3) is 22.5 Å². The second-order valence-electron chi connectivity index (χ2n) is 5.66. The van der Waals surface area contributed by atoms with E-state index < -0.39 is 0 Å². The van der Waals surface area contributed by atoms with Crippen molar-refractivity contribution in [3.05, 3.63) is 96.3 Å². The third kappa shape index (κ3) is 2.84. The lowest BCUT2D eigenvalue weighted by Gasteiger charge is -2.06. The van der Waals surface area contributed by atoms with Gasteiger partial charge in [-0.25, -0.2) is 0 Å². The number of hydrogen-bond donors (Lipinski definition) is 1. The summed E-state index contributed by atoms with van der Waals surface area (Å²) in [6.07, 6.45) is 2.57. The molecule has 3 heteroatoms. The highest BCUT2D eigenvalue weighted by Gasteiger charge is 2.16. The Labute approximate surface area is 141 Å². The number of nitrogens with zero attached hydrogens (tertiary/aromatic N) is 2. The molecule has 2 heterocycles. The van der Waals surface area contributed by atoms with Crippen molar-refractivity contribution in [1.82, 2.24) is 15.2 Å². The van der Waals surface area contributed by atoms with Gasteiger partial charge < -0.3 is 0 Å². The van der Waals surface area contributed by atoms with Crippen LogP contribution in [-0.2, 0) is 6.42 Å². The molecule has 24 heavy (non-hydrogen) atoms. The summed E-state index contributed by atoms with van der Waals surface area (Å²) in [6.45, 7) is 0. The fourth-order valence-electron chi connectivity index (χ4n) is 2.90. The summed E-state index contributed by atoms with van der Waals surface area (Å²) in [7, 11) is 0. The minimum absolute atomic E-state index is 0.742. The average molecular weight is 311 g/mol. The van der Waals surface area contributed by atoms with Crippen LogP contribution >= 0.6 is 0 Å². The van der Waals surface area contributed by atoms with Gasteiger partial charge in [0.2, 0.25) is 0 Å². The van der Waals surface area contributed by atoms with Gasteiger partial charge in [-0.3, -0.25) is 10.1 Å². The minimum Gasteiger partial charge on any atom is -0.277 e. The van der Waals surface area contributed by atoms with Crippen molar-refractivity contribution in [1.29, 1.82) is 0 Å². The van der Waals surface area contributed by atoms with Gasteiger partial charge in [0.1, 0.15) is 0 Å². The summed E-state index contributed by atoms with van der Waals surface area (Å²) in [4.78, 5) is 4.48. The Morgan fingerprint density at radius 3 is 2.04 bits per heavy atom. The summed E-state index contributed by atoms with van der Waals surface area (Å²) in [5.74, 6) is 0. The van der Waals surface area contributed by atoms with Gasteiger partial charge >= 0.3 is 0 Å². The van der Waals surface area contributed by atoms with Gasteiger partial charge in [-0.15, -0.1) is 0 Å². The van der Waals surface area contributed by atoms with Crippen LogP contribution in [0.3, 0.4) is 0 Å². The van der Waals surface area contributed by atoms with E-state index in [9.17, 15) is 0 Å². The van der Waals surface area contributed by atoms with E-state index in [2.05, 4.69) is 45.5 Å². The highest BCUT2D eigenvalue weighted by molar-refractivity contribution is 5.74. The first kappa shape index (κ1) is 14.4. The third-order valence-electron chi connectivity index (χ3n) is 4.06. The van der Waals surface area contributed by atoms with Crippen LogP contribution in [0.1, 0.15) is 11.3 Å². The zero-order chi connectivity index (χ0) is 16.2. The summed E-state index contributed by atoms with van der Waals surface area (Å²) >= 11 is 0. The van der Waals surface area contributed by atoms with Gasteiger partial charge in [-0.1, -0.05) is 66.7 Å². The zero-order valence-electron chi connectivity index (χ0n) is 13.2. The molecule has 0 aliphatic heterocycles. The molecule has 0 aliphatic carbocycles. The van der Waals surface area contributed by atoms with Gasteiger partial charge in [0.05, 0.1) is 11.4 Å². The number of aromatic amines is 1. The Balaban J connectivity index is 1.85. The van der Waals surface area contributed by atoms with E-state index in [1.807, 2.05) is 54.7 Å². The van der Waals surface area contributed by atoms with Gasteiger partial charge in [0.25, 0.3) is 0 Å². The van der Waals surface area contributed by atoms with Gasteiger partial charge in [-0.05, 0) is 17.7 Å². The first-order valence-electron chi connectivity index (χ1n) is 8.00. The van der Waals surface area contributed by atoms with Crippen molar-refractivity contribution in [2.75, 3.05) is 0 Å². The molecule has 0 atom stereocenters. The minimum atomic E-state index is 0.742. The fraction of sp³-hybridized carbons (Fsp3) is 0.0476. The van der Waals surface area contributed by atoms with Crippen molar-refractivity contribution in [2.24, 2.45) is 0 Å². The Morgan fingerprint density at radius 1 is 0.708 bits per heavy atom. The molecule has 0 unspecified atom stereocenters. The van der Waals surface area contributed by atoms with E-state index in [-0.39, 0.29) is 0 Å². The number of rotatable bonds is 4. The maximum absolute atomic E-state index is 4.61. The summed E-state index contributed by atoms with van der Waals surface area (Å²) < 4.78 is 0. The second-order valence-corrected chi connectivity index (χ2v) is 5.66. The third-order valence-corrected chi connectivity index (χ3v) is 4.06. The van der Waals surface area contributed by atoms with Gasteiger partial charge in [0.15, 0.2) is 0 Å². The first-order valence-corrected chi connectivity index (χ1v) is 8.00. The molecule has 0 fully saturated rings. The van der Waals surface area contributed by atoms with Crippen LogP contribution in [0.4, 0.5) is 0 Å². The van der Waals surface area contributed by atoms with Crippen LogP contribution in [0.2, 0.25) is 0 Å². The number of pyridine rings is 1. The maximum Gasteiger partial charge on any atom is 0.0963 e. The van der Waals surface area contributed by atoms with E-state index in [0.717, 1.165) is 34.6 Å². The van der Waals surface area contributed by atoms with E-state index in [1.165, 1.54) is 5.56 Å². The molecule has 0 spiro atoms. The zero-order valence-corrected chi connectivity index (χ0v) is 13.2. The lowest BCUT2D eigenvalue weighted by molar-refractivity contribution is 1.08. The number of aromatic nitrogens is 3. The quantitative estimate of drug-likeness (QED) is 0.592. The molecule has 2 aromatic heterocycles. The molecule has 3 nitrogen and oxygen atoms in total. The van der Waals surface area contributed by atoms with Crippen LogP contribution in [-0.4, -0.2) is 15.2 Å². The largest absolute Gasteiger partial charge is 0.277 e. The first-order chi connectivity index (χ1) is 11.9. The number of H-pyrrole nitrogens is 1. The lowest BCUT2D eigenvalue weighted by atomic mass is 9.98. The van der Waals surface area contributed by atoms with Crippen LogP contribution < -0.4 is 0 Å². The van der Waals surface area contributed by atoms with Crippen molar-refractivity contribution < 1.29 is 0 Å². The predicted octanol–water partition coefficient (Wildman–Crippen LogP) is 4.73. The van der Waals surface area contributed by atoms with E-state index in [1.54, 1.807) is 0 Å². The van der Waals surface area contributed by atoms with Crippen LogP contribution in [0.15, 0.2) is 85.1 Å². The molecule has 0 amide bonds. The SMILES string of the molecule is c1ccc(-c2n[nH]c(-c3ccccc3)c2Cc2ccccn2)cc1. The van der Waals surface area contributed by atoms with Crippen molar-refractivity contribution in [3.8, 4) is 22.5 Å². The van der Waals surface area contributed by atoms with Gasteiger partial charge in [-0.2, -0.15) is 5.10 Å². The fourth-order valence-corrected chi connectivity index (χ4v) is 2.90. The standard InChI is InChI=1S/C21H17N3/c1-3-9-16(10-4-1)20-19(15-18-13-7-8-14-22-18)21(24-23-20)17-11-5-2-6-12-17/h1-14H,15H2,(H,23,24). The Morgan fingerprint density at radius 2 is 1.38 bits per heavy atom.